The topological polar surface area (TPSA) is 23.8 Å². The van der Waals surface area contributed by atoms with Crippen molar-refractivity contribution < 1.29 is 0 Å². The Kier molecular flexibility index (Phi) is 3.90. The van der Waals surface area contributed by atoms with Crippen LogP contribution in [0.4, 0.5) is 0 Å². The van der Waals surface area contributed by atoms with Crippen molar-refractivity contribution >= 4 is 11.8 Å². The summed E-state index contributed by atoms with van der Waals surface area (Å²) in [6, 6.07) is 11.1. The van der Waals surface area contributed by atoms with Gasteiger partial charge >= 0.3 is 0 Å². The maximum atomic E-state index is 9.01. The average molecular weight is 231 g/mol. The van der Waals surface area contributed by atoms with Crippen LogP contribution in [-0.4, -0.2) is 5.25 Å². The molecule has 2 unspecified atom stereocenters. The van der Waals surface area contributed by atoms with Crippen molar-refractivity contribution in [3.05, 3.63) is 35.4 Å². The van der Waals surface area contributed by atoms with E-state index in [-0.39, 0.29) is 5.92 Å². The summed E-state index contributed by atoms with van der Waals surface area (Å²) in [6.45, 7) is 2.13. The summed E-state index contributed by atoms with van der Waals surface area (Å²) in [5.74, 6) is 1.33. The lowest BCUT2D eigenvalue weighted by atomic mass is 10.1. The van der Waals surface area contributed by atoms with Gasteiger partial charge in [-0.3, -0.25) is 0 Å². The molecule has 0 saturated heterocycles. The molecule has 1 aromatic rings. The SMILES string of the molecule is Cc1cccc(CSC2CCCC2C#N)c1. The zero-order valence-electron chi connectivity index (χ0n) is 9.65. The van der Waals surface area contributed by atoms with Crippen LogP contribution in [0.25, 0.3) is 0 Å². The Bertz CT molecular complexity index is 394. The molecule has 0 amide bonds. The highest BCUT2D eigenvalue weighted by Crippen LogP contribution is 2.36. The van der Waals surface area contributed by atoms with Gasteiger partial charge in [0.2, 0.25) is 0 Å². The molecule has 0 heterocycles. The van der Waals surface area contributed by atoms with Crippen LogP contribution in [0.2, 0.25) is 0 Å². The van der Waals surface area contributed by atoms with Crippen LogP contribution in [0.1, 0.15) is 30.4 Å². The van der Waals surface area contributed by atoms with Gasteiger partial charge in [-0.25, -0.2) is 0 Å². The van der Waals surface area contributed by atoms with Gasteiger partial charge < -0.3 is 0 Å². The number of nitriles is 1. The fourth-order valence-corrected chi connectivity index (χ4v) is 3.63. The lowest BCUT2D eigenvalue weighted by molar-refractivity contribution is 0.714. The van der Waals surface area contributed by atoms with Crippen molar-refractivity contribution in [2.45, 2.75) is 37.2 Å². The van der Waals surface area contributed by atoms with Crippen LogP contribution in [-0.2, 0) is 5.75 Å². The molecule has 1 aliphatic rings. The molecule has 0 aromatic heterocycles. The molecule has 1 aliphatic carbocycles. The van der Waals surface area contributed by atoms with Crippen molar-refractivity contribution in [3.8, 4) is 6.07 Å². The predicted molar refractivity (Wildman–Crippen MR) is 69.2 cm³/mol. The van der Waals surface area contributed by atoms with E-state index in [4.69, 9.17) is 5.26 Å². The van der Waals surface area contributed by atoms with Gasteiger partial charge in [-0.2, -0.15) is 17.0 Å². The minimum atomic E-state index is 0.287. The Morgan fingerprint density at radius 2 is 2.31 bits per heavy atom. The first-order valence-electron chi connectivity index (χ1n) is 5.86. The van der Waals surface area contributed by atoms with Crippen molar-refractivity contribution in [2.24, 2.45) is 5.92 Å². The first-order chi connectivity index (χ1) is 7.79. The Morgan fingerprint density at radius 3 is 3.06 bits per heavy atom. The summed E-state index contributed by atoms with van der Waals surface area (Å²) in [5.41, 5.74) is 2.70. The Labute approximate surface area is 102 Å². The minimum absolute atomic E-state index is 0.287. The third kappa shape index (κ3) is 2.80. The van der Waals surface area contributed by atoms with E-state index in [0.717, 1.165) is 12.2 Å². The molecule has 2 heteroatoms. The van der Waals surface area contributed by atoms with Crippen molar-refractivity contribution in [1.29, 1.82) is 5.26 Å². The lowest BCUT2D eigenvalue weighted by Gasteiger charge is -2.12. The van der Waals surface area contributed by atoms with Crippen molar-refractivity contribution in [2.75, 3.05) is 0 Å². The summed E-state index contributed by atoms with van der Waals surface area (Å²) in [6.07, 6.45) is 3.54. The van der Waals surface area contributed by atoms with Gasteiger partial charge in [0.1, 0.15) is 0 Å². The van der Waals surface area contributed by atoms with E-state index in [0.29, 0.717) is 5.25 Å². The maximum Gasteiger partial charge on any atom is 0.0667 e. The summed E-state index contributed by atoms with van der Waals surface area (Å²) >= 11 is 1.96. The summed E-state index contributed by atoms with van der Waals surface area (Å²) in [7, 11) is 0. The minimum Gasteiger partial charge on any atom is -0.198 e. The number of rotatable bonds is 3. The molecule has 0 aliphatic heterocycles. The van der Waals surface area contributed by atoms with Gasteiger partial charge in [0.15, 0.2) is 0 Å². The van der Waals surface area contributed by atoms with Crippen LogP contribution < -0.4 is 0 Å². The number of hydrogen-bond acceptors (Lipinski definition) is 2. The molecule has 84 valence electrons. The van der Waals surface area contributed by atoms with Crippen LogP contribution in [0.15, 0.2) is 24.3 Å². The highest BCUT2D eigenvalue weighted by Gasteiger charge is 2.27. The van der Waals surface area contributed by atoms with Crippen LogP contribution in [0.3, 0.4) is 0 Å². The molecule has 0 radical (unpaired) electrons. The molecule has 1 nitrogen and oxygen atoms in total. The Morgan fingerprint density at radius 1 is 1.44 bits per heavy atom. The second kappa shape index (κ2) is 5.41. The Hall–Kier alpha value is -0.940. The van der Waals surface area contributed by atoms with E-state index in [1.165, 1.54) is 24.0 Å². The number of benzene rings is 1. The summed E-state index contributed by atoms with van der Waals surface area (Å²) in [4.78, 5) is 0. The molecule has 2 rings (SSSR count). The first-order valence-corrected chi connectivity index (χ1v) is 6.91. The zero-order chi connectivity index (χ0) is 11.4. The molecule has 2 atom stereocenters. The van der Waals surface area contributed by atoms with E-state index in [1.807, 2.05) is 11.8 Å². The van der Waals surface area contributed by atoms with Gasteiger partial charge in [-0.1, -0.05) is 36.2 Å². The molecule has 0 bridgehead atoms. The molecule has 0 N–H and O–H groups in total. The second-order valence-electron chi connectivity index (χ2n) is 4.51. The average Bonchev–Trinajstić information content (AvgIpc) is 2.74. The van der Waals surface area contributed by atoms with Gasteiger partial charge in [-0.05, 0) is 25.3 Å². The standard InChI is InChI=1S/C14H17NS/c1-11-4-2-5-12(8-11)10-16-14-7-3-6-13(14)9-15/h2,4-5,8,13-14H,3,6-7,10H2,1H3. The molecule has 1 aromatic carbocycles. The van der Waals surface area contributed by atoms with E-state index in [1.54, 1.807) is 0 Å². The van der Waals surface area contributed by atoms with E-state index in [9.17, 15) is 0 Å². The van der Waals surface area contributed by atoms with Crippen molar-refractivity contribution in [3.63, 3.8) is 0 Å². The number of hydrogen-bond donors (Lipinski definition) is 0. The van der Waals surface area contributed by atoms with Gasteiger partial charge in [-0.15, -0.1) is 0 Å². The normalized spacial score (nSPS) is 24.2. The van der Waals surface area contributed by atoms with Gasteiger partial charge in [0, 0.05) is 11.0 Å². The molecular weight excluding hydrogens is 214 g/mol. The highest BCUT2D eigenvalue weighted by atomic mass is 32.2. The molecule has 0 spiro atoms. The molecule has 1 saturated carbocycles. The van der Waals surface area contributed by atoms with Gasteiger partial charge in [0.05, 0.1) is 12.0 Å². The third-order valence-corrected chi connectivity index (χ3v) is 4.66. The second-order valence-corrected chi connectivity index (χ2v) is 5.73. The number of nitrogens with zero attached hydrogens (tertiary/aromatic N) is 1. The monoisotopic (exact) mass is 231 g/mol. The fourth-order valence-electron chi connectivity index (χ4n) is 2.28. The maximum absolute atomic E-state index is 9.01. The molecular formula is C14H17NS. The predicted octanol–water partition coefficient (Wildman–Crippen LogP) is 3.92. The number of aryl methyl sites for hydroxylation is 1. The van der Waals surface area contributed by atoms with Crippen LogP contribution in [0, 0.1) is 24.2 Å². The Balaban J connectivity index is 1.90. The largest absolute Gasteiger partial charge is 0.198 e. The van der Waals surface area contributed by atoms with Crippen LogP contribution in [0.5, 0.6) is 0 Å². The summed E-state index contributed by atoms with van der Waals surface area (Å²) in [5, 5.41) is 9.58. The lowest BCUT2D eigenvalue weighted by Crippen LogP contribution is -2.07. The first kappa shape index (κ1) is 11.5. The molecule has 16 heavy (non-hydrogen) atoms. The molecule has 1 fully saturated rings. The van der Waals surface area contributed by atoms with E-state index >= 15 is 0 Å². The van der Waals surface area contributed by atoms with Gasteiger partial charge in [0.25, 0.3) is 0 Å². The van der Waals surface area contributed by atoms with Crippen LogP contribution >= 0.6 is 11.8 Å². The van der Waals surface area contributed by atoms with Crippen molar-refractivity contribution in [1.82, 2.24) is 0 Å². The summed E-state index contributed by atoms with van der Waals surface area (Å²) < 4.78 is 0. The quantitative estimate of drug-likeness (QED) is 0.787. The highest BCUT2D eigenvalue weighted by molar-refractivity contribution is 7.99. The third-order valence-electron chi connectivity index (χ3n) is 3.16. The zero-order valence-corrected chi connectivity index (χ0v) is 10.5. The van der Waals surface area contributed by atoms with E-state index < -0.39 is 0 Å². The van der Waals surface area contributed by atoms with E-state index in [2.05, 4.69) is 37.3 Å². The fraction of sp³-hybridized carbons (Fsp3) is 0.500. The number of thioether (sulfide) groups is 1. The smallest absolute Gasteiger partial charge is 0.0667 e.